The summed E-state index contributed by atoms with van der Waals surface area (Å²) in [5.74, 6) is 0.167. The van der Waals surface area contributed by atoms with Gasteiger partial charge >= 0.3 is 0 Å². The lowest BCUT2D eigenvalue weighted by molar-refractivity contribution is -0.114. The van der Waals surface area contributed by atoms with Crippen molar-refractivity contribution in [2.24, 2.45) is 0 Å². The van der Waals surface area contributed by atoms with Gasteiger partial charge in [0, 0.05) is 0 Å². The first kappa shape index (κ1) is 12.9. The summed E-state index contributed by atoms with van der Waals surface area (Å²) >= 11 is 0. The molecule has 0 fully saturated rings. The molecule has 1 heteroatoms. The molecule has 0 aliphatic rings. The van der Waals surface area contributed by atoms with Crippen molar-refractivity contribution in [3.8, 4) is 0 Å². The molecule has 0 heterocycles. The van der Waals surface area contributed by atoms with Crippen LogP contribution in [0.5, 0.6) is 0 Å². The molecule has 0 aromatic heterocycles. The third-order valence-corrected chi connectivity index (χ3v) is 1.64. The van der Waals surface area contributed by atoms with Crippen molar-refractivity contribution in [2.45, 2.75) is 40.0 Å². The largest absolute Gasteiger partial charge is 0.300 e. The fourth-order valence-corrected chi connectivity index (χ4v) is 0.938. The molecule has 1 aromatic rings. The van der Waals surface area contributed by atoms with Crippen LogP contribution in [0.3, 0.4) is 0 Å². The summed E-state index contributed by atoms with van der Waals surface area (Å²) in [7, 11) is 0. The van der Waals surface area contributed by atoms with Crippen LogP contribution in [0.15, 0.2) is 30.3 Å². The predicted octanol–water partition coefficient (Wildman–Crippen LogP) is 3.58. The Hall–Kier alpha value is -1.11. The van der Waals surface area contributed by atoms with E-state index in [1.807, 2.05) is 0 Å². The van der Waals surface area contributed by atoms with Crippen LogP contribution in [0.2, 0.25) is 0 Å². The quantitative estimate of drug-likeness (QED) is 0.614. The van der Waals surface area contributed by atoms with E-state index in [2.05, 4.69) is 51.1 Å². The number of rotatable bonds is 0. The zero-order valence-corrected chi connectivity index (χ0v) is 9.79. The highest BCUT2D eigenvalue weighted by Gasteiger charge is 2.11. The average Bonchev–Trinajstić information content (AvgIpc) is 2.03. The highest BCUT2D eigenvalue weighted by atomic mass is 16.1. The molecule has 1 nitrogen and oxygen atoms in total. The first-order valence-corrected chi connectivity index (χ1v) is 4.86. The smallest absolute Gasteiger partial charge is 0.126 e. The molecule has 0 N–H and O–H groups in total. The number of hydrogen-bond acceptors (Lipinski definition) is 1. The first-order valence-electron chi connectivity index (χ1n) is 4.86. The van der Waals surface area contributed by atoms with E-state index >= 15 is 0 Å². The van der Waals surface area contributed by atoms with E-state index in [4.69, 9.17) is 0 Å². The number of hydrogen-bond donors (Lipinski definition) is 0. The van der Waals surface area contributed by atoms with E-state index < -0.39 is 0 Å². The Kier molecular flexibility index (Phi) is 5.14. The van der Waals surface area contributed by atoms with Crippen molar-refractivity contribution in [3.05, 3.63) is 35.9 Å². The number of ketones is 1. The van der Waals surface area contributed by atoms with E-state index in [1.54, 1.807) is 0 Å². The lowest BCUT2D eigenvalue weighted by Gasteiger charge is -2.18. The van der Waals surface area contributed by atoms with Crippen LogP contribution >= 0.6 is 0 Å². The molecule has 78 valence electrons. The molecule has 0 aliphatic heterocycles. The maximum Gasteiger partial charge on any atom is 0.126 e. The van der Waals surface area contributed by atoms with Crippen LogP contribution < -0.4 is 0 Å². The van der Waals surface area contributed by atoms with Crippen molar-refractivity contribution in [2.75, 3.05) is 0 Å². The minimum absolute atomic E-state index is 0.167. The zero-order valence-electron chi connectivity index (χ0n) is 9.79. The van der Waals surface area contributed by atoms with Gasteiger partial charge in [-0.25, -0.2) is 0 Å². The highest BCUT2D eigenvalue weighted by Crippen LogP contribution is 2.20. The molecule has 1 aromatic carbocycles. The minimum Gasteiger partial charge on any atom is -0.300 e. The SMILES string of the molecule is CC(C)(C)c1ccccc1.CC(C)=O. The summed E-state index contributed by atoms with van der Waals surface area (Å²) < 4.78 is 0. The molecule has 14 heavy (non-hydrogen) atoms. The molecule has 0 aliphatic carbocycles. The van der Waals surface area contributed by atoms with Crippen molar-refractivity contribution in [1.82, 2.24) is 0 Å². The van der Waals surface area contributed by atoms with Crippen molar-refractivity contribution < 1.29 is 4.79 Å². The molecule has 1 rings (SSSR count). The van der Waals surface area contributed by atoms with Gasteiger partial charge in [-0.3, -0.25) is 0 Å². The van der Waals surface area contributed by atoms with Crippen LogP contribution in [0.4, 0.5) is 0 Å². The van der Waals surface area contributed by atoms with Gasteiger partial charge in [-0.05, 0) is 24.8 Å². The van der Waals surface area contributed by atoms with Crippen LogP contribution in [0.25, 0.3) is 0 Å². The van der Waals surface area contributed by atoms with Crippen molar-refractivity contribution >= 4 is 5.78 Å². The summed E-state index contributed by atoms with van der Waals surface area (Å²) in [4.78, 5) is 9.44. The van der Waals surface area contributed by atoms with Crippen LogP contribution in [0.1, 0.15) is 40.2 Å². The van der Waals surface area contributed by atoms with E-state index in [0.717, 1.165) is 0 Å². The molecule has 0 amide bonds. The zero-order chi connectivity index (χ0) is 11.2. The van der Waals surface area contributed by atoms with Gasteiger partial charge in [0.2, 0.25) is 0 Å². The standard InChI is InChI=1S/C10H14.C3H6O/c1-10(2,3)9-7-5-4-6-8-9;1-3(2)4/h4-8H,1-3H3;1-2H3. The summed E-state index contributed by atoms with van der Waals surface area (Å²) in [6.07, 6.45) is 0. The Balaban J connectivity index is 0.000000364. The average molecular weight is 192 g/mol. The number of carbonyl (C=O) groups is 1. The van der Waals surface area contributed by atoms with Gasteiger partial charge < -0.3 is 4.79 Å². The molecule has 0 spiro atoms. The van der Waals surface area contributed by atoms with Gasteiger partial charge in [0.15, 0.2) is 0 Å². The number of carbonyl (C=O) groups excluding carboxylic acids is 1. The molecule has 0 unspecified atom stereocenters. The van der Waals surface area contributed by atoms with Crippen molar-refractivity contribution in [3.63, 3.8) is 0 Å². The first-order chi connectivity index (χ1) is 6.34. The highest BCUT2D eigenvalue weighted by molar-refractivity contribution is 5.72. The lowest BCUT2D eigenvalue weighted by atomic mass is 9.87. The number of Topliss-reactive ketones (excluding diaryl/α,β-unsaturated/α-hetero) is 1. The summed E-state index contributed by atoms with van der Waals surface area (Å²) in [6, 6.07) is 10.6. The van der Waals surface area contributed by atoms with Gasteiger partial charge in [-0.2, -0.15) is 0 Å². The summed E-state index contributed by atoms with van der Waals surface area (Å²) in [5, 5.41) is 0. The van der Waals surface area contributed by atoms with E-state index in [-0.39, 0.29) is 5.78 Å². The van der Waals surface area contributed by atoms with Crippen LogP contribution in [-0.2, 0) is 10.2 Å². The van der Waals surface area contributed by atoms with Crippen molar-refractivity contribution in [1.29, 1.82) is 0 Å². The van der Waals surface area contributed by atoms with Gasteiger partial charge in [-0.15, -0.1) is 0 Å². The lowest BCUT2D eigenvalue weighted by Crippen LogP contribution is -2.10. The van der Waals surface area contributed by atoms with Crippen LogP contribution in [0, 0.1) is 0 Å². The van der Waals surface area contributed by atoms with Crippen LogP contribution in [-0.4, -0.2) is 5.78 Å². The normalized spacial score (nSPS) is 10.1. The fraction of sp³-hybridized carbons (Fsp3) is 0.462. The third-order valence-electron chi connectivity index (χ3n) is 1.64. The maximum atomic E-state index is 9.44. The number of benzene rings is 1. The summed E-state index contributed by atoms with van der Waals surface area (Å²) in [5.41, 5.74) is 1.69. The second-order valence-electron chi connectivity index (χ2n) is 4.52. The second-order valence-corrected chi connectivity index (χ2v) is 4.52. The van der Waals surface area contributed by atoms with E-state index in [0.29, 0.717) is 5.41 Å². The minimum atomic E-state index is 0.167. The molecule has 0 bridgehead atoms. The maximum absolute atomic E-state index is 9.44. The Bertz CT molecular complexity index is 263. The monoisotopic (exact) mass is 192 g/mol. The van der Waals surface area contributed by atoms with E-state index in [9.17, 15) is 4.79 Å². The topological polar surface area (TPSA) is 17.1 Å². The van der Waals surface area contributed by atoms with Gasteiger partial charge in [0.25, 0.3) is 0 Å². The molecule has 0 atom stereocenters. The third kappa shape index (κ3) is 6.41. The summed E-state index contributed by atoms with van der Waals surface area (Å²) in [6.45, 7) is 9.73. The molecule has 0 saturated heterocycles. The Labute approximate surface area is 87.2 Å². The van der Waals surface area contributed by atoms with Gasteiger partial charge in [-0.1, -0.05) is 51.1 Å². The molecule has 0 saturated carbocycles. The Morgan fingerprint density at radius 3 is 1.57 bits per heavy atom. The molecular formula is C13H20O. The van der Waals surface area contributed by atoms with Gasteiger partial charge in [0.05, 0.1) is 0 Å². The van der Waals surface area contributed by atoms with E-state index in [1.165, 1.54) is 19.4 Å². The Morgan fingerprint density at radius 1 is 1.00 bits per heavy atom. The Morgan fingerprint density at radius 2 is 1.36 bits per heavy atom. The fourth-order valence-electron chi connectivity index (χ4n) is 0.938. The second kappa shape index (κ2) is 5.58. The predicted molar refractivity (Wildman–Crippen MR) is 61.5 cm³/mol. The molecular weight excluding hydrogens is 172 g/mol. The molecule has 0 radical (unpaired) electrons. The van der Waals surface area contributed by atoms with Gasteiger partial charge in [0.1, 0.15) is 5.78 Å².